The highest BCUT2D eigenvalue weighted by Gasteiger charge is 2.10. The van der Waals surface area contributed by atoms with Crippen LogP contribution < -0.4 is 10.9 Å². The second-order valence-corrected chi connectivity index (χ2v) is 4.28. The highest BCUT2D eigenvalue weighted by atomic mass is 19.1. The summed E-state index contributed by atoms with van der Waals surface area (Å²) in [6.07, 6.45) is 1.53. The van der Waals surface area contributed by atoms with E-state index < -0.39 is 0 Å². The van der Waals surface area contributed by atoms with Crippen molar-refractivity contribution < 1.29 is 9.18 Å². The molecule has 98 valence electrons. The second-order valence-electron chi connectivity index (χ2n) is 4.28. The van der Waals surface area contributed by atoms with Crippen molar-refractivity contribution in [2.75, 3.05) is 5.32 Å². The van der Waals surface area contributed by atoms with Crippen LogP contribution in [0, 0.1) is 12.7 Å². The lowest BCUT2D eigenvalue weighted by Gasteiger charge is -2.08. The van der Waals surface area contributed by atoms with E-state index in [9.17, 15) is 14.0 Å². The number of nitrogens with zero attached hydrogens (tertiary/aromatic N) is 1. The quantitative estimate of drug-likeness (QED) is 0.898. The van der Waals surface area contributed by atoms with Gasteiger partial charge in [0.05, 0.1) is 5.69 Å². The number of benzene rings is 1. The fourth-order valence-electron chi connectivity index (χ4n) is 1.75. The maximum Gasteiger partial charge on any atom is 0.255 e. The van der Waals surface area contributed by atoms with Gasteiger partial charge < -0.3 is 9.88 Å². The molecule has 4 nitrogen and oxygen atoms in total. The molecule has 0 aliphatic heterocycles. The summed E-state index contributed by atoms with van der Waals surface area (Å²) in [5.41, 5.74) is 1.31. The van der Waals surface area contributed by atoms with Crippen molar-refractivity contribution >= 4 is 11.6 Å². The first kappa shape index (κ1) is 13.0. The van der Waals surface area contributed by atoms with E-state index >= 15 is 0 Å². The molecule has 0 aliphatic carbocycles. The van der Waals surface area contributed by atoms with Crippen LogP contribution in [0.3, 0.4) is 0 Å². The van der Waals surface area contributed by atoms with Gasteiger partial charge in [-0.1, -0.05) is 0 Å². The zero-order valence-electron chi connectivity index (χ0n) is 10.6. The predicted molar refractivity (Wildman–Crippen MR) is 70.8 cm³/mol. The molecule has 0 fully saturated rings. The molecule has 0 atom stereocenters. The molecule has 0 bridgehead atoms. The summed E-state index contributed by atoms with van der Waals surface area (Å²) in [5.74, 6) is -0.715. The first-order chi connectivity index (χ1) is 8.97. The third kappa shape index (κ3) is 2.88. The summed E-state index contributed by atoms with van der Waals surface area (Å²) in [7, 11) is 1.60. The Bertz CT molecular complexity index is 692. The molecule has 1 N–H and O–H groups in total. The van der Waals surface area contributed by atoms with Gasteiger partial charge in [-0.2, -0.15) is 0 Å². The second kappa shape index (κ2) is 5.06. The Balaban J connectivity index is 2.25. The molecular weight excluding hydrogens is 247 g/mol. The van der Waals surface area contributed by atoms with Crippen LogP contribution in [0.5, 0.6) is 0 Å². The van der Waals surface area contributed by atoms with Crippen molar-refractivity contribution in [2.24, 2.45) is 7.05 Å². The van der Waals surface area contributed by atoms with Crippen molar-refractivity contribution in [2.45, 2.75) is 6.92 Å². The number of aryl methyl sites for hydroxylation is 2. The molecule has 0 aliphatic rings. The molecule has 1 aromatic heterocycles. The highest BCUT2D eigenvalue weighted by molar-refractivity contribution is 6.05. The summed E-state index contributed by atoms with van der Waals surface area (Å²) in [6, 6.07) is 6.87. The number of pyridine rings is 1. The number of carbonyl (C=O) groups excluding carboxylic acids is 1. The molecule has 0 spiro atoms. The molecule has 1 amide bonds. The Morgan fingerprint density at radius 3 is 2.63 bits per heavy atom. The number of aromatic nitrogens is 1. The fraction of sp³-hybridized carbons (Fsp3) is 0.143. The van der Waals surface area contributed by atoms with Crippen molar-refractivity contribution in [1.29, 1.82) is 0 Å². The van der Waals surface area contributed by atoms with E-state index in [1.165, 1.54) is 41.1 Å². The zero-order valence-corrected chi connectivity index (χ0v) is 10.6. The van der Waals surface area contributed by atoms with Gasteiger partial charge in [0.2, 0.25) is 5.56 Å². The highest BCUT2D eigenvalue weighted by Crippen LogP contribution is 2.12. The van der Waals surface area contributed by atoms with Gasteiger partial charge in [-0.25, -0.2) is 4.39 Å². The minimum absolute atomic E-state index is 0.157. The Morgan fingerprint density at radius 1 is 1.26 bits per heavy atom. The van der Waals surface area contributed by atoms with Crippen molar-refractivity contribution in [3.63, 3.8) is 0 Å². The Kier molecular flexibility index (Phi) is 3.46. The summed E-state index contributed by atoms with van der Waals surface area (Å²) in [5, 5.41) is 2.67. The number of rotatable bonds is 2. The number of amides is 1. The minimum Gasteiger partial charge on any atom is -0.321 e. The van der Waals surface area contributed by atoms with E-state index in [1.807, 2.05) is 0 Å². The van der Waals surface area contributed by atoms with Gasteiger partial charge in [-0.3, -0.25) is 9.59 Å². The van der Waals surface area contributed by atoms with Crippen LogP contribution in [-0.2, 0) is 7.05 Å². The average molecular weight is 260 g/mol. The number of carbonyl (C=O) groups is 1. The molecule has 0 radical (unpaired) electrons. The topological polar surface area (TPSA) is 51.1 Å². The summed E-state index contributed by atoms with van der Waals surface area (Å²) < 4.78 is 14.3. The van der Waals surface area contributed by atoms with E-state index in [2.05, 4.69) is 5.32 Å². The Hall–Kier alpha value is -2.43. The van der Waals surface area contributed by atoms with Gasteiger partial charge in [0, 0.05) is 24.9 Å². The number of nitrogens with one attached hydrogen (secondary N) is 1. The van der Waals surface area contributed by atoms with Crippen LogP contribution in [0.25, 0.3) is 0 Å². The van der Waals surface area contributed by atoms with E-state index in [4.69, 9.17) is 0 Å². The first-order valence-corrected chi connectivity index (χ1v) is 5.71. The zero-order chi connectivity index (χ0) is 14.0. The molecule has 2 rings (SSSR count). The van der Waals surface area contributed by atoms with Crippen LogP contribution in [0.2, 0.25) is 0 Å². The first-order valence-electron chi connectivity index (χ1n) is 5.71. The summed E-state index contributed by atoms with van der Waals surface area (Å²) >= 11 is 0. The normalized spacial score (nSPS) is 10.3. The van der Waals surface area contributed by atoms with E-state index in [0.29, 0.717) is 16.8 Å². The van der Waals surface area contributed by atoms with Crippen LogP contribution in [0.15, 0.2) is 41.3 Å². The fourth-order valence-corrected chi connectivity index (χ4v) is 1.75. The molecule has 0 saturated heterocycles. The molecule has 0 saturated carbocycles. The van der Waals surface area contributed by atoms with Crippen molar-refractivity contribution in [3.8, 4) is 0 Å². The van der Waals surface area contributed by atoms with Gasteiger partial charge in [0.1, 0.15) is 5.82 Å². The maximum atomic E-state index is 13.0. The van der Waals surface area contributed by atoms with E-state index in [1.54, 1.807) is 14.0 Å². The van der Waals surface area contributed by atoms with Gasteiger partial charge in [-0.05, 0) is 36.8 Å². The smallest absolute Gasteiger partial charge is 0.255 e. The van der Waals surface area contributed by atoms with Crippen molar-refractivity contribution in [1.82, 2.24) is 4.57 Å². The number of hydrogen-bond donors (Lipinski definition) is 1. The minimum atomic E-state index is -0.379. The van der Waals surface area contributed by atoms with E-state index in [-0.39, 0.29) is 17.3 Å². The molecule has 2 aromatic rings. The number of hydrogen-bond acceptors (Lipinski definition) is 2. The number of anilines is 1. The third-order valence-electron chi connectivity index (χ3n) is 2.78. The van der Waals surface area contributed by atoms with Gasteiger partial charge in [0.15, 0.2) is 0 Å². The molecule has 5 heteroatoms. The lowest BCUT2D eigenvalue weighted by molar-refractivity contribution is 0.102. The third-order valence-corrected chi connectivity index (χ3v) is 2.78. The van der Waals surface area contributed by atoms with Crippen LogP contribution in [0.1, 0.15) is 15.9 Å². The molecule has 1 aromatic carbocycles. The SMILES string of the molecule is Cc1cc(F)ccc1C(=O)Nc1ccc(=O)n(C)c1. The van der Waals surface area contributed by atoms with E-state index in [0.717, 1.165) is 0 Å². The molecule has 0 unspecified atom stereocenters. The van der Waals surface area contributed by atoms with Crippen molar-refractivity contribution in [3.05, 3.63) is 63.8 Å². The lowest BCUT2D eigenvalue weighted by atomic mass is 10.1. The number of halogens is 1. The summed E-state index contributed by atoms with van der Waals surface area (Å²) in [6.45, 7) is 1.67. The van der Waals surface area contributed by atoms with Gasteiger partial charge in [-0.15, -0.1) is 0 Å². The predicted octanol–water partition coefficient (Wildman–Crippen LogP) is 2.09. The van der Waals surface area contributed by atoms with Crippen LogP contribution >= 0.6 is 0 Å². The average Bonchev–Trinajstić information content (AvgIpc) is 2.33. The monoisotopic (exact) mass is 260 g/mol. The molecular formula is C14H13FN2O2. The lowest BCUT2D eigenvalue weighted by Crippen LogP contribution is -2.18. The summed E-state index contributed by atoms with van der Waals surface area (Å²) in [4.78, 5) is 23.2. The van der Waals surface area contributed by atoms with Gasteiger partial charge in [0.25, 0.3) is 5.91 Å². The molecule has 1 heterocycles. The largest absolute Gasteiger partial charge is 0.321 e. The standard InChI is InChI=1S/C14H13FN2O2/c1-9-7-10(15)3-5-12(9)14(19)16-11-4-6-13(18)17(2)8-11/h3-8H,1-2H3,(H,16,19). The maximum absolute atomic E-state index is 13.0. The van der Waals surface area contributed by atoms with Crippen LogP contribution in [0.4, 0.5) is 10.1 Å². The molecule has 19 heavy (non-hydrogen) atoms. The van der Waals surface area contributed by atoms with Gasteiger partial charge >= 0.3 is 0 Å². The van der Waals surface area contributed by atoms with Crippen LogP contribution in [-0.4, -0.2) is 10.5 Å². The Morgan fingerprint density at radius 2 is 2.00 bits per heavy atom. The Labute approximate surface area is 109 Å².